The highest BCUT2D eigenvalue weighted by Crippen LogP contribution is 2.24. The average molecular weight is 637 g/mol. The Balaban J connectivity index is 1.52. The molecular formula is C35H44N2O9. The molecule has 0 atom stereocenters. The van der Waals surface area contributed by atoms with Gasteiger partial charge in [-0.3, -0.25) is 15.4 Å². The van der Waals surface area contributed by atoms with E-state index in [0.29, 0.717) is 29.1 Å². The number of hydrogen-bond donors (Lipinski definition) is 2. The van der Waals surface area contributed by atoms with Crippen molar-refractivity contribution in [3.8, 4) is 5.75 Å². The first-order valence-electron chi connectivity index (χ1n) is 14.9. The number of amides is 2. The lowest BCUT2D eigenvalue weighted by atomic mass is 9.97. The highest BCUT2D eigenvalue weighted by molar-refractivity contribution is 6.01. The molecule has 11 heteroatoms. The zero-order valence-electron chi connectivity index (χ0n) is 27.7. The lowest BCUT2D eigenvalue weighted by Crippen LogP contribution is -2.35. The molecule has 0 saturated heterocycles. The fraction of sp³-hybridized carbons (Fsp3) is 0.400. The van der Waals surface area contributed by atoms with E-state index < -0.39 is 29.0 Å². The number of Topliss-reactive ketones (excluding diaryl/α,β-unsaturated/α-hetero) is 1. The standard InChI is InChI=1S/C35H44N2O9/c1-33(2,3)43-31(39)36-27-17-16-25(29(22-27)37-32(40)44-34(4,5)6)20-21-41-45-28-18-14-24(15-19-28)23-42-46-35(7,8)30(38)26-12-10-9-11-13-26/h9-19,22H,20-21,23H2,1-8H3,(H,36,39)(H,37,40). The van der Waals surface area contributed by atoms with Gasteiger partial charge in [0.1, 0.15) is 17.8 Å². The van der Waals surface area contributed by atoms with Crippen molar-refractivity contribution in [1.29, 1.82) is 0 Å². The summed E-state index contributed by atoms with van der Waals surface area (Å²) in [6.45, 7) is 14.2. The molecular weight excluding hydrogens is 592 g/mol. The van der Waals surface area contributed by atoms with Crippen LogP contribution in [0.25, 0.3) is 0 Å². The molecule has 3 rings (SSSR count). The predicted octanol–water partition coefficient (Wildman–Crippen LogP) is 8.04. The third-order valence-corrected chi connectivity index (χ3v) is 6.00. The maximum atomic E-state index is 12.7. The van der Waals surface area contributed by atoms with E-state index in [0.717, 1.165) is 11.1 Å². The summed E-state index contributed by atoms with van der Waals surface area (Å²) >= 11 is 0. The molecule has 46 heavy (non-hydrogen) atoms. The van der Waals surface area contributed by atoms with E-state index >= 15 is 0 Å². The number of carbonyl (C=O) groups excluding carboxylic acids is 3. The molecule has 0 radical (unpaired) electrons. The van der Waals surface area contributed by atoms with Gasteiger partial charge in [-0.05, 0) is 90.8 Å². The van der Waals surface area contributed by atoms with Crippen molar-refractivity contribution < 1.29 is 43.4 Å². The first-order chi connectivity index (χ1) is 21.5. The number of rotatable bonds is 13. The molecule has 0 spiro atoms. The van der Waals surface area contributed by atoms with Crippen molar-refractivity contribution in [3.05, 3.63) is 89.5 Å². The Morgan fingerprint density at radius 1 is 0.696 bits per heavy atom. The van der Waals surface area contributed by atoms with Crippen molar-refractivity contribution in [2.75, 3.05) is 17.2 Å². The minimum absolute atomic E-state index is 0.124. The van der Waals surface area contributed by atoms with E-state index in [9.17, 15) is 14.4 Å². The van der Waals surface area contributed by atoms with Gasteiger partial charge in [0.2, 0.25) is 0 Å². The second kappa shape index (κ2) is 15.7. The highest BCUT2D eigenvalue weighted by atomic mass is 17.2. The van der Waals surface area contributed by atoms with Gasteiger partial charge in [-0.1, -0.05) is 48.5 Å². The Morgan fingerprint density at radius 2 is 1.30 bits per heavy atom. The van der Waals surface area contributed by atoms with Crippen LogP contribution in [0.2, 0.25) is 0 Å². The van der Waals surface area contributed by atoms with Crippen molar-refractivity contribution in [2.24, 2.45) is 0 Å². The molecule has 0 aliphatic rings. The third kappa shape index (κ3) is 12.5. The second-order valence-corrected chi connectivity index (χ2v) is 13.0. The van der Waals surface area contributed by atoms with Gasteiger partial charge in [0.05, 0.1) is 6.61 Å². The van der Waals surface area contributed by atoms with Crippen LogP contribution in [0.5, 0.6) is 5.75 Å². The predicted molar refractivity (Wildman–Crippen MR) is 174 cm³/mol. The van der Waals surface area contributed by atoms with Gasteiger partial charge in [0.25, 0.3) is 0 Å². The molecule has 0 bridgehead atoms. The van der Waals surface area contributed by atoms with Crippen LogP contribution in [0.3, 0.4) is 0 Å². The molecule has 3 aromatic rings. The van der Waals surface area contributed by atoms with E-state index in [1.54, 1.807) is 122 Å². The Bertz CT molecular complexity index is 1460. The number of ketones is 1. The van der Waals surface area contributed by atoms with Gasteiger partial charge >= 0.3 is 12.2 Å². The topological polar surface area (TPSA) is 131 Å². The number of benzene rings is 3. The number of anilines is 2. The van der Waals surface area contributed by atoms with Gasteiger partial charge in [0.15, 0.2) is 17.1 Å². The van der Waals surface area contributed by atoms with Gasteiger partial charge in [-0.15, -0.1) is 0 Å². The molecule has 0 aliphatic carbocycles. The summed E-state index contributed by atoms with van der Waals surface area (Å²) in [6, 6.07) is 21.0. The molecule has 2 N–H and O–H groups in total. The molecule has 0 aliphatic heterocycles. The fourth-order valence-electron chi connectivity index (χ4n) is 3.95. The SMILES string of the molecule is CC(C)(C)OC(=O)Nc1ccc(CCOOc2ccc(COOC(C)(C)C(=O)c3ccccc3)cc2)c(NC(=O)OC(C)(C)C)c1. The maximum absolute atomic E-state index is 12.7. The molecule has 248 valence electrons. The highest BCUT2D eigenvalue weighted by Gasteiger charge is 2.31. The van der Waals surface area contributed by atoms with Crippen LogP contribution in [0.4, 0.5) is 21.0 Å². The van der Waals surface area contributed by atoms with E-state index in [2.05, 4.69) is 10.6 Å². The van der Waals surface area contributed by atoms with Crippen LogP contribution in [0, 0.1) is 0 Å². The normalized spacial score (nSPS) is 11.8. The number of carbonyl (C=O) groups is 3. The summed E-state index contributed by atoms with van der Waals surface area (Å²) in [5.41, 5.74) is 0.422. The minimum atomic E-state index is -1.16. The van der Waals surface area contributed by atoms with Crippen LogP contribution in [-0.2, 0) is 37.2 Å². The van der Waals surface area contributed by atoms with E-state index in [1.165, 1.54) is 0 Å². The van der Waals surface area contributed by atoms with E-state index in [4.69, 9.17) is 29.0 Å². The zero-order valence-corrected chi connectivity index (χ0v) is 27.7. The molecule has 0 fully saturated rings. The molecule has 0 unspecified atom stereocenters. The lowest BCUT2D eigenvalue weighted by Gasteiger charge is -2.22. The summed E-state index contributed by atoms with van der Waals surface area (Å²) in [7, 11) is 0. The first-order valence-corrected chi connectivity index (χ1v) is 14.9. The third-order valence-electron chi connectivity index (χ3n) is 6.00. The Morgan fingerprint density at radius 3 is 1.91 bits per heavy atom. The van der Waals surface area contributed by atoms with Gasteiger partial charge in [0, 0.05) is 23.4 Å². The lowest BCUT2D eigenvalue weighted by molar-refractivity contribution is -0.345. The summed E-state index contributed by atoms with van der Waals surface area (Å²) in [5, 5.41) is 5.42. The van der Waals surface area contributed by atoms with Crippen LogP contribution in [0.15, 0.2) is 72.8 Å². The Hall–Kier alpha value is -4.45. The average Bonchev–Trinajstić information content (AvgIpc) is 2.95. The molecule has 11 nitrogen and oxygen atoms in total. The van der Waals surface area contributed by atoms with Crippen LogP contribution in [0.1, 0.15) is 76.9 Å². The van der Waals surface area contributed by atoms with E-state index in [1.807, 2.05) is 6.07 Å². The largest absolute Gasteiger partial charge is 0.444 e. The van der Waals surface area contributed by atoms with Gasteiger partial charge < -0.3 is 14.4 Å². The van der Waals surface area contributed by atoms with Gasteiger partial charge in [-0.2, -0.15) is 4.89 Å². The molecule has 2 amide bonds. The second-order valence-electron chi connectivity index (χ2n) is 13.0. The molecule has 0 heterocycles. The van der Waals surface area contributed by atoms with Crippen LogP contribution in [-0.4, -0.2) is 41.4 Å². The summed E-state index contributed by atoms with van der Waals surface area (Å²) < 4.78 is 10.7. The van der Waals surface area contributed by atoms with Crippen molar-refractivity contribution in [2.45, 2.75) is 85.2 Å². The van der Waals surface area contributed by atoms with Gasteiger partial charge in [-0.25, -0.2) is 19.4 Å². The van der Waals surface area contributed by atoms with Crippen LogP contribution < -0.4 is 15.5 Å². The van der Waals surface area contributed by atoms with Crippen molar-refractivity contribution >= 4 is 29.3 Å². The van der Waals surface area contributed by atoms with E-state index in [-0.39, 0.29) is 19.0 Å². The molecule has 0 aromatic heterocycles. The Labute approximate surface area is 270 Å². The molecule has 3 aromatic carbocycles. The monoisotopic (exact) mass is 636 g/mol. The zero-order chi connectivity index (χ0) is 34.0. The van der Waals surface area contributed by atoms with Crippen molar-refractivity contribution in [3.63, 3.8) is 0 Å². The summed E-state index contributed by atoms with van der Waals surface area (Å²) in [4.78, 5) is 59.1. The summed E-state index contributed by atoms with van der Waals surface area (Å²) in [6.07, 6.45) is -0.882. The number of hydrogen-bond acceptors (Lipinski definition) is 9. The maximum Gasteiger partial charge on any atom is 0.412 e. The van der Waals surface area contributed by atoms with Crippen molar-refractivity contribution in [1.82, 2.24) is 0 Å². The molecule has 0 saturated carbocycles. The fourth-order valence-corrected chi connectivity index (χ4v) is 3.95. The number of ether oxygens (including phenoxy) is 2. The Kier molecular flexibility index (Phi) is 12.3. The minimum Gasteiger partial charge on any atom is -0.444 e. The summed E-state index contributed by atoms with van der Waals surface area (Å²) in [5.74, 6) is 0.281. The smallest absolute Gasteiger partial charge is 0.412 e. The first kappa shape index (κ1) is 36.0. The number of nitrogens with one attached hydrogen (secondary N) is 2. The quantitative estimate of drug-likeness (QED) is 0.0828. The van der Waals surface area contributed by atoms with Crippen LogP contribution >= 0.6 is 0 Å².